The molecule has 0 unspecified atom stereocenters. The molecule has 0 aliphatic carbocycles. The van der Waals surface area contributed by atoms with Crippen LogP contribution in [0.15, 0.2) is 0 Å². The van der Waals surface area contributed by atoms with Crippen LogP contribution >= 0.6 is 0 Å². The van der Waals surface area contributed by atoms with Gasteiger partial charge in [-0.25, -0.2) is 0 Å². The van der Waals surface area contributed by atoms with Gasteiger partial charge in [0.05, 0.1) is 0 Å². The van der Waals surface area contributed by atoms with Gasteiger partial charge >= 0.3 is 6.18 Å². The number of piperidine rings is 1. The summed E-state index contributed by atoms with van der Waals surface area (Å²) in [6.07, 6.45) is -0.523. The van der Waals surface area contributed by atoms with Gasteiger partial charge in [0.15, 0.2) is 0 Å². The average molecular weight is 315 g/mol. The van der Waals surface area contributed by atoms with Crippen LogP contribution in [0.1, 0.15) is 66.2 Å². The van der Waals surface area contributed by atoms with E-state index in [-0.39, 0.29) is 0 Å². The number of carbonyl (C=O) groups excluding carboxylic acids is 1. The average Bonchev–Trinajstić information content (AvgIpc) is 2.42. The Bertz CT molecular complexity index is 213. The molecule has 0 spiro atoms. The van der Waals surface area contributed by atoms with Gasteiger partial charge in [0.25, 0.3) is 0 Å². The second-order valence-corrected chi connectivity index (χ2v) is 4.65. The summed E-state index contributed by atoms with van der Waals surface area (Å²) in [6.45, 7) is 9.46. The van der Waals surface area contributed by atoms with Gasteiger partial charge in [-0.1, -0.05) is 40.5 Å². The Morgan fingerprint density at radius 3 is 1.57 bits per heavy atom. The molecule has 1 amide bonds. The third kappa shape index (κ3) is 21.7. The van der Waals surface area contributed by atoms with Crippen molar-refractivity contribution in [2.75, 3.05) is 20.2 Å². The van der Waals surface area contributed by atoms with Crippen LogP contribution < -0.4 is 0 Å². The molecule has 1 aliphatic heterocycles. The van der Waals surface area contributed by atoms with Crippen LogP contribution in [0.3, 0.4) is 0 Å². The summed E-state index contributed by atoms with van der Waals surface area (Å²) in [5.74, 6) is -0.785. The molecular formula is C15H32F3NO2. The molecule has 0 aromatic rings. The van der Waals surface area contributed by atoms with Gasteiger partial charge in [0, 0.05) is 20.2 Å². The van der Waals surface area contributed by atoms with E-state index in [1.54, 1.807) is 0 Å². The van der Waals surface area contributed by atoms with Crippen molar-refractivity contribution in [2.45, 2.75) is 72.4 Å². The molecule has 0 bridgehead atoms. The van der Waals surface area contributed by atoms with Crippen molar-refractivity contribution in [3.8, 4) is 0 Å². The Labute approximate surface area is 127 Å². The lowest BCUT2D eigenvalue weighted by molar-refractivity contribution is -0.162. The zero-order valence-electron chi connectivity index (χ0n) is 14.1. The molecule has 0 aromatic heterocycles. The molecular weight excluding hydrogens is 283 g/mol. The smallest absolute Gasteiger partial charge is 0.397 e. The number of likely N-dealkylation sites (tertiary alicyclic amines) is 1. The predicted octanol–water partition coefficient (Wildman–Crippen LogP) is 4.39. The molecule has 0 aromatic carbocycles. The zero-order valence-corrected chi connectivity index (χ0v) is 14.1. The standard InChI is InChI=1S/C8H12F3NO.2C3H8.CH4O/c9-8(10,11)6-7(13)12-4-2-1-3-5-12;2*1-3-2;1-2/h1-6H2;2*3H2,1-2H3;2H,1H3. The van der Waals surface area contributed by atoms with Crippen molar-refractivity contribution in [3.05, 3.63) is 0 Å². The zero-order chi connectivity index (χ0) is 17.3. The molecule has 1 N–H and O–H groups in total. The lowest BCUT2D eigenvalue weighted by Crippen LogP contribution is -2.37. The maximum Gasteiger partial charge on any atom is 0.397 e. The first-order chi connectivity index (χ1) is 9.82. The van der Waals surface area contributed by atoms with Crippen molar-refractivity contribution in [1.82, 2.24) is 4.90 Å². The largest absolute Gasteiger partial charge is 0.400 e. The first-order valence-corrected chi connectivity index (χ1v) is 7.61. The highest BCUT2D eigenvalue weighted by molar-refractivity contribution is 5.76. The van der Waals surface area contributed by atoms with E-state index in [9.17, 15) is 18.0 Å². The Morgan fingerprint density at radius 2 is 1.29 bits per heavy atom. The van der Waals surface area contributed by atoms with Crippen LogP contribution in [-0.2, 0) is 4.79 Å². The van der Waals surface area contributed by atoms with Crippen molar-refractivity contribution in [1.29, 1.82) is 0 Å². The van der Waals surface area contributed by atoms with Crippen LogP contribution in [-0.4, -0.2) is 42.3 Å². The molecule has 6 heteroatoms. The fourth-order valence-corrected chi connectivity index (χ4v) is 1.43. The third-order valence-corrected chi connectivity index (χ3v) is 2.06. The number of hydrogen-bond donors (Lipinski definition) is 1. The van der Waals surface area contributed by atoms with Crippen LogP contribution in [0.2, 0.25) is 0 Å². The van der Waals surface area contributed by atoms with E-state index in [1.165, 1.54) is 17.7 Å². The topological polar surface area (TPSA) is 40.5 Å². The van der Waals surface area contributed by atoms with E-state index in [1.807, 2.05) is 0 Å². The molecule has 1 saturated heterocycles. The minimum atomic E-state index is -4.37. The lowest BCUT2D eigenvalue weighted by atomic mass is 10.1. The van der Waals surface area contributed by atoms with Gasteiger partial charge in [-0.15, -0.1) is 0 Å². The fourth-order valence-electron chi connectivity index (χ4n) is 1.43. The highest BCUT2D eigenvalue weighted by atomic mass is 19.4. The Balaban J connectivity index is -0.000000342. The maximum absolute atomic E-state index is 11.8. The molecule has 21 heavy (non-hydrogen) atoms. The Kier molecular flexibility index (Phi) is 20.7. The van der Waals surface area contributed by atoms with Crippen molar-refractivity contribution >= 4 is 5.91 Å². The highest BCUT2D eigenvalue weighted by Crippen LogP contribution is 2.21. The number of carbonyl (C=O) groups is 1. The molecule has 3 nitrogen and oxygen atoms in total. The fraction of sp³-hybridized carbons (Fsp3) is 0.933. The second-order valence-electron chi connectivity index (χ2n) is 4.65. The van der Waals surface area contributed by atoms with Crippen molar-refractivity contribution in [3.63, 3.8) is 0 Å². The molecule has 1 heterocycles. The molecule has 1 rings (SSSR count). The summed E-state index contributed by atoms with van der Waals surface area (Å²) in [6, 6.07) is 0. The normalized spacial score (nSPS) is 13.7. The monoisotopic (exact) mass is 315 g/mol. The molecule has 1 aliphatic rings. The summed E-state index contributed by atoms with van der Waals surface area (Å²) < 4.78 is 35.4. The van der Waals surface area contributed by atoms with Crippen molar-refractivity contribution in [2.24, 2.45) is 0 Å². The summed E-state index contributed by atoms with van der Waals surface area (Å²) in [4.78, 5) is 12.3. The number of rotatable bonds is 1. The van der Waals surface area contributed by atoms with Gasteiger partial charge in [-0.3, -0.25) is 4.79 Å². The van der Waals surface area contributed by atoms with Gasteiger partial charge in [-0.05, 0) is 19.3 Å². The maximum atomic E-state index is 11.8. The quantitative estimate of drug-likeness (QED) is 0.779. The minimum Gasteiger partial charge on any atom is -0.400 e. The summed E-state index contributed by atoms with van der Waals surface area (Å²) in [5, 5.41) is 7.00. The SMILES string of the molecule is CCC.CCC.CO.O=C(CC(F)(F)F)N1CCCCC1. The second kappa shape index (κ2) is 17.3. The van der Waals surface area contributed by atoms with Crippen molar-refractivity contribution < 1.29 is 23.1 Å². The number of hydrogen-bond acceptors (Lipinski definition) is 2. The first kappa shape index (κ1) is 25.2. The van der Waals surface area contributed by atoms with Crippen LogP contribution in [0, 0.1) is 0 Å². The Hall–Kier alpha value is -0.780. The van der Waals surface area contributed by atoms with E-state index in [4.69, 9.17) is 5.11 Å². The van der Waals surface area contributed by atoms with Gasteiger partial charge < -0.3 is 10.0 Å². The van der Waals surface area contributed by atoms with E-state index < -0.39 is 18.5 Å². The highest BCUT2D eigenvalue weighted by Gasteiger charge is 2.33. The number of halogens is 3. The van der Waals surface area contributed by atoms with E-state index in [0.29, 0.717) is 13.1 Å². The predicted molar refractivity (Wildman–Crippen MR) is 81.2 cm³/mol. The van der Waals surface area contributed by atoms with Crippen LogP contribution in [0.4, 0.5) is 13.2 Å². The van der Waals surface area contributed by atoms with Gasteiger partial charge in [-0.2, -0.15) is 13.2 Å². The molecule has 0 saturated carbocycles. The Morgan fingerprint density at radius 1 is 0.952 bits per heavy atom. The molecule has 1 fully saturated rings. The number of alkyl halides is 3. The third-order valence-electron chi connectivity index (χ3n) is 2.06. The van der Waals surface area contributed by atoms with Crippen LogP contribution in [0.25, 0.3) is 0 Å². The molecule has 0 atom stereocenters. The number of aliphatic hydroxyl groups is 1. The van der Waals surface area contributed by atoms with Crippen LogP contribution in [0.5, 0.6) is 0 Å². The van der Waals surface area contributed by atoms with E-state index >= 15 is 0 Å². The summed E-state index contributed by atoms with van der Waals surface area (Å²) in [7, 11) is 1.00. The summed E-state index contributed by atoms with van der Waals surface area (Å²) >= 11 is 0. The minimum absolute atomic E-state index is 0.481. The summed E-state index contributed by atoms with van der Waals surface area (Å²) in [5.41, 5.74) is 0. The number of amides is 1. The van der Waals surface area contributed by atoms with Gasteiger partial charge in [0.1, 0.15) is 6.42 Å². The van der Waals surface area contributed by atoms with E-state index in [0.717, 1.165) is 26.4 Å². The van der Waals surface area contributed by atoms with Gasteiger partial charge in [0.2, 0.25) is 5.91 Å². The molecule has 0 radical (unpaired) electrons. The lowest BCUT2D eigenvalue weighted by Gasteiger charge is -2.27. The first-order valence-electron chi connectivity index (χ1n) is 7.61. The molecule has 130 valence electrons. The van der Waals surface area contributed by atoms with E-state index in [2.05, 4.69) is 27.7 Å². The number of aliphatic hydroxyl groups excluding tert-OH is 1. The number of nitrogens with zero attached hydrogens (tertiary/aromatic N) is 1.